The van der Waals surface area contributed by atoms with Crippen LogP contribution < -0.4 is 15.1 Å². The van der Waals surface area contributed by atoms with Crippen LogP contribution in [0.1, 0.15) is 28.8 Å². The number of nitriles is 2. The number of nitrogens with one attached hydrogen (secondary N) is 1. The maximum absolute atomic E-state index is 12.8. The number of rotatable bonds is 10. The molecular formula is C27H23BrClN7O3. The van der Waals surface area contributed by atoms with Crippen LogP contribution in [0.15, 0.2) is 80.5 Å². The first kappa shape index (κ1) is 29.1. The van der Waals surface area contributed by atoms with Gasteiger partial charge in [-0.25, -0.2) is 5.43 Å². The Bertz CT molecular complexity index is 1450. The van der Waals surface area contributed by atoms with Crippen molar-refractivity contribution in [3.05, 3.63) is 81.3 Å². The van der Waals surface area contributed by atoms with Gasteiger partial charge in [0.25, 0.3) is 5.91 Å². The first-order valence-electron chi connectivity index (χ1n) is 11.6. The lowest BCUT2D eigenvalue weighted by atomic mass is 10.1. The third-order valence-electron chi connectivity index (χ3n) is 5.33. The molecule has 0 aromatic heterocycles. The SMILES string of the molecule is COc1cc(N(CCC#N)CCC#N)ccc1/C(N=Nc1ccc(Cl)cc1)=N/NC(=O)c1cc(Br)ccc1O. The monoisotopic (exact) mass is 607 g/mol. The summed E-state index contributed by atoms with van der Waals surface area (Å²) in [5.41, 5.74) is 4.07. The van der Waals surface area contributed by atoms with E-state index >= 15 is 0 Å². The van der Waals surface area contributed by atoms with Gasteiger partial charge < -0.3 is 14.7 Å². The van der Waals surface area contributed by atoms with Crippen LogP contribution in [0.5, 0.6) is 11.5 Å². The molecule has 0 radical (unpaired) electrons. The van der Waals surface area contributed by atoms with E-state index in [0.717, 1.165) is 5.69 Å². The van der Waals surface area contributed by atoms with Crippen LogP contribution in [0.4, 0.5) is 11.4 Å². The van der Waals surface area contributed by atoms with Gasteiger partial charge in [-0.2, -0.15) is 10.5 Å². The predicted octanol–water partition coefficient (Wildman–Crippen LogP) is 6.33. The van der Waals surface area contributed by atoms with Crippen molar-refractivity contribution in [2.24, 2.45) is 15.3 Å². The summed E-state index contributed by atoms with van der Waals surface area (Å²) in [5.74, 6) is -0.480. The van der Waals surface area contributed by atoms with Gasteiger partial charge >= 0.3 is 0 Å². The predicted molar refractivity (Wildman–Crippen MR) is 151 cm³/mol. The number of carbonyl (C=O) groups is 1. The molecule has 2 N–H and O–H groups in total. The van der Waals surface area contributed by atoms with E-state index in [-0.39, 0.29) is 30.0 Å². The molecule has 0 spiro atoms. The first-order chi connectivity index (χ1) is 18.9. The van der Waals surface area contributed by atoms with Crippen LogP contribution in [0.2, 0.25) is 5.02 Å². The molecular weight excluding hydrogens is 586 g/mol. The minimum Gasteiger partial charge on any atom is -0.507 e. The highest BCUT2D eigenvalue weighted by molar-refractivity contribution is 9.10. The Hall–Kier alpha value is -4.45. The number of hydrogen-bond donors (Lipinski definition) is 2. The molecule has 0 unspecified atom stereocenters. The smallest absolute Gasteiger partial charge is 0.275 e. The third kappa shape index (κ3) is 8.27. The standard InChI is InChI=1S/C27H23BrClN7O3/c1-39-25-17-21(36(14-2-12-30)15-3-13-31)9-10-22(25)26(33-32-20-7-5-19(29)6-8-20)34-35-27(38)23-16-18(28)4-11-24(23)37/h4-11,16-17,37H,2-3,14-15H2,1H3,(H,35,38)/b33-32?,34-26-. The number of amidine groups is 1. The van der Waals surface area contributed by atoms with E-state index in [4.69, 9.17) is 26.9 Å². The number of anilines is 1. The fourth-order valence-electron chi connectivity index (χ4n) is 3.40. The summed E-state index contributed by atoms with van der Waals surface area (Å²) >= 11 is 9.24. The molecule has 10 nitrogen and oxygen atoms in total. The molecule has 0 heterocycles. The number of hydrazone groups is 1. The van der Waals surface area contributed by atoms with Crippen molar-refractivity contribution in [2.75, 3.05) is 25.1 Å². The van der Waals surface area contributed by atoms with Crippen molar-refractivity contribution in [1.82, 2.24) is 5.43 Å². The number of hydrogen-bond acceptors (Lipinski definition) is 8. The van der Waals surface area contributed by atoms with E-state index in [9.17, 15) is 9.90 Å². The molecule has 0 atom stereocenters. The van der Waals surface area contributed by atoms with Gasteiger partial charge in [0.05, 0.1) is 48.9 Å². The van der Waals surface area contributed by atoms with Gasteiger partial charge in [-0.3, -0.25) is 4.79 Å². The lowest BCUT2D eigenvalue weighted by molar-refractivity contribution is 0.0952. The van der Waals surface area contributed by atoms with Gasteiger partial charge in [0.2, 0.25) is 5.84 Å². The number of methoxy groups -OCH3 is 1. The average Bonchev–Trinajstić information content (AvgIpc) is 2.95. The number of ether oxygens (including phenoxy) is 1. The lowest BCUT2D eigenvalue weighted by Crippen LogP contribution is -2.25. The zero-order valence-corrected chi connectivity index (χ0v) is 23.1. The molecule has 0 aliphatic heterocycles. The zero-order valence-electron chi connectivity index (χ0n) is 20.8. The number of halogens is 2. The van der Waals surface area contributed by atoms with Gasteiger partial charge in [-0.15, -0.1) is 15.3 Å². The highest BCUT2D eigenvalue weighted by Gasteiger charge is 2.17. The fourth-order valence-corrected chi connectivity index (χ4v) is 3.89. The van der Waals surface area contributed by atoms with Crippen LogP contribution in [0, 0.1) is 22.7 Å². The molecule has 3 aromatic rings. The number of carbonyl (C=O) groups excluding carboxylic acids is 1. The van der Waals surface area contributed by atoms with Crippen molar-refractivity contribution in [3.8, 4) is 23.6 Å². The molecule has 198 valence electrons. The minimum atomic E-state index is -0.664. The van der Waals surface area contributed by atoms with E-state index in [1.165, 1.54) is 19.2 Å². The average molecular weight is 609 g/mol. The van der Waals surface area contributed by atoms with E-state index in [2.05, 4.69) is 48.8 Å². The van der Waals surface area contributed by atoms with Crippen LogP contribution >= 0.6 is 27.5 Å². The molecule has 12 heteroatoms. The molecule has 3 aromatic carbocycles. The molecule has 0 aliphatic carbocycles. The summed E-state index contributed by atoms with van der Waals surface area (Å²) in [5, 5.41) is 41.3. The second kappa shape index (κ2) is 14.5. The Balaban J connectivity index is 2.01. The number of amides is 1. The number of benzene rings is 3. The van der Waals surface area contributed by atoms with Crippen molar-refractivity contribution in [1.29, 1.82) is 10.5 Å². The van der Waals surface area contributed by atoms with E-state index in [0.29, 0.717) is 39.6 Å². The molecule has 0 aliphatic rings. The largest absolute Gasteiger partial charge is 0.507 e. The van der Waals surface area contributed by atoms with Crippen LogP contribution in [0.3, 0.4) is 0 Å². The molecule has 1 amide bonds. The van der Waals surface area contributed by atoms with Crippen LogP contribution in [-0.4, -0.2) is 37.0 Å². The van der Waals surface area contributed by atoms with Gasteiger partial charge in [0, 0.05) is 34.3 Å². The lowest BCUT2D eigenvalue weighted by Gasteiger charge is -2.23. The quantitative estimate of drug-likeness (QED) is 0.119. The molecule has 0 fully saturated rings. The fraction of sp³-hybridized carbons (Fsp3) is 0.185. The van der Waals surface area contributed by atoms with E-state index in [1.54, 1.807) is 48.5 Å². The van der Waals surface area contributed by atoms with E-state index < -0.39 is 5.91 Å². The number of azo groups is 1. The molecule has 0 bridgehead atoms. The summed E-state index contributed by atoms with van der Waals surface area (Å²) in [4.78, 5) is 14.7. The van der Waals surface area contributed by atoms with Gasteiger partial charge in [-0.1, -0.05) is 27.5 Å². The summed E-state index contributed by atoms with van der Waals surface area (Å²) in [7, 11) is 1.48. The Morgan fingerprint density at radius 2 is 1.74 bits per heavy atom. The summed E-state index contributed by atoms with van der Waals surface area (Å²) < 4.78 is 6.21. The number of nitrogens with zero attached hydrogens (tertiary/aromatic N) is 6. The Morgan fingerprint density at radius 1 is 1.05 bits per heavy atom. The third-order valence-corrected chi connectivity index (χ3v) is 6.08. The van der Waals surface area contributed by atoms with Gasteiger partial charge in [0.1, 0.15) is 11.5 Å². The topological polar surface area (TPSA) is 146 Å². The highest BCUT2D eigenvalue weighted by Crippen LogP contribution is 2.28. The summed E-state index contributed by atoms with van der Waals surface area (Å²) in [6.07, 6.45) is 0.567. The molecule has 39 heavy (non-hydrogen) atoms. The number of phenolic OH excluding ortho intramolecular Hbond substituents is 1. The Morgan fingerprint density at radius 3 is 2.38 bits per heavy atom. The first-order valence-corrected chi connectivity index (χ1v) is 12.7. The molecule has 0 saturated heterocycles. The molecule has 0 saturated carbocycles. The normalized spacial score (nSPS) is 11.1. The molecule has 3 rings (SSSR count). The summed E-state index contributed by atoms with van der Waals surface area (Å²) in [6.45, 7) is 0.869. The maximum Gasteiger partial charge on any atom is 0.275 e. The zero-order chi connectivity index (χ0) is 28.2. The number of aromatic hydroxyl groups is 1. The number of phenols is 1. The van der Waals surface area contributed by atoms with Crippen molar-refractivity contribution in [3.63, 3.8) is 0 Å². The summed E-state index contributed by atoms with van der Waals surface area (Å²) in [6, 6.07) is 20.6. The Kier molecular flexibility index (Phi) is 10.8. The second-order valence-corrected chi connectivity index (χ2v) is 9.25. The van der Waals surface area contributed by atoms with Crippen LogP contribution in [0.25, 0.3) is 0 Å². The van der Waals surface area contributed by atoms with Crippen molar-refractivity contribution < 1.29 is 14.6 Å². The second-order valence-electron chi connectivity index (χ2n) is 7.90. The van der Waals surface area contributed by atoms with E-state index in [1.807, 2.05) is 4.90 Å². The highest BCUT2D eigenvalue weighted by atomic mass is 79.9. The Labute approximate surface area is 238 Å². The van der Waals surface area contributed by atoms with Crippen molar-refractivity contribution in [2.45, 2.75) is 12.8 Å². The van der Waals surface area contributed by atoms with Crippen molar-refractivity contribution >= 4 is 50.6 Å². The van der Waals surface area contributed by atoms with Gasteiger partial charge in [0.15, 0.2) is 0 Å². The minimum absolute atomic E-state index is 0.00931. The maximum atomic E-state index is 12.8. The van der Waals surface area contributed by atoms with Crippen LogP contribution in [-0.2, 0) is 0 Å². The van der Waals surface area contributed by atoms with Gasteiger partial charge in [-0.05, 0) is 54.6 Å².